The molecule has 3 N–H and O–H groups in total. The third-order valence-corrected chi connectivity index (χ3v) is 23.4. The Morgan fingerprint density at radius 2 is 0.297 bits per heavy atom. The van der Waals surface area contributed by atoms with E-state index in [9.17, 15) is 14.4 Å². The zero-order valence-electron chi connectivity index (χ0n) is 73.0. The highest BCUT2D eigenvalue weighted by Gasteiger charge is 2.21. The average molecular weight is 1590 g/mol. The summed E-state index contributed by atoms with van der Waals surface area (Å²) in [5.74, 6) is 0.194. The van der Waals surface area contributed by atoms with Gasteiger partial charge in [-0.05, 0) is 201 Å². The Morgan fingerprint density at radius 3 is 0.449 bits per heavy atom. The number of carbonyl (C=O) groups excluding carboxylic acids is 3. The zero-order valence-corrected chi connectivity index (χ0v) is 73.0. The van der Waals surface area contributed by atoms with E-state index in [1.807, 2.05) is 36.4 Å². The molecule has 0 saturated heterocycles. The molecule has 632 valence electrons. The van der Waals surface area contributed by atoms with Crippen LogP contribution in [0.1, 0.15) is 329 Å². The van der Waals surface area contributed by atoms with E-state index < -0.39 is 0 Å². The first kappa shape index (κ1) is 92.5. The lowest BCUT2D eigenvalue weighted by Crippen LogP contribution is -2.14. The van der Waals surface area contributed by atoms with E-state index >= 15 is 0 Å². The number of benzene rings is 9. The van der Waals surface area contributed by atoms with Gasteiger partial charge in [-0.1, -0.05) is 345 Å². The Morgan fingerprint density at radius 1 is 0.169 bits per heavy atom. The molecular formula is C108H147N7O3. The van der Waals surface area contributed by atoms with Crippen LogP contribution in [0.15, 0.2) is 237 Å². The van der Waals surface area contributed by atoms with Crippen LogP contribution < -0.4 is 35.6 Å². The van der Waals surface area contributed by atoms with Crippen LogP contribution in [-0.4, -0.2) is 17.7 Å². The number of carbonyl (C=O) groups is 3. The van der Waals surface area contributed by atoms with Gasteiger partial charge < -0.3 is 35.6 Å². The molecule has 0 heterocycles. The van der Waals surface area contributed by atoms with Crippen molar-refractivity contribution in [1.29, 1.82) is 0 Å². The average Bonchev–Trinajstić information content (AvgIpc) is 0.801. The van der Waals surface area contributed by atoms with Gasteiger partial charge in [0.15, 0.2) is 0 Å². The van der Waals surface area contributed by atoms with Crippen molar-refractivity contribution in [2.75, 3.05) is 35.6 Å². The van der Waals surface area contributed by atoms with Gasteiger partial charge in [0.1, 0.15) is 0 Å². The van der Waals surface area contributed by atoms with Gasteiger partial charge in [-0.15, -0.1) is 0 Å². The number of para-hydroxylation sites is 3. The lowest BCUT2D eigenvalue weighted by molar-refractivity contribution is -0.117. The second-order valence-corrected chi connectivity index (χ2v) is 33.3. The molecule has 118 heavy (non-hydrogen) atoms. The van der Waals surface area contributed by atoms with Gasteiger partial charge in [0, 0.05) is 105 Å². The van der Waals surface area contributed by atoms with E-state index in [1.54, 1.807) is 0 Å². The van der Waals surface area contributed by atoms with Crippen LogP contribution in [0.5, 0.6) is 0 Å². The second kappa shape index (κ2) is 56.9. The molecule has 9 rings (SSSR count). The standard InChI is InChI=1S/C108H147N7O3/c1-4-7-10-13-16-19-22-25-28-31-34-37-40-43-55-64-106(116)109-91-67-73-97(74-68-91)112(94-58-49-46-50-59-94)100-79-85-103(86-80-100)115(104-87-81-101(82-88-104)113(95-60-51-47-52-61-95)98-75-69-92(70-76-98)110-107(117)65-56-44-41-38-35-32-29-26-23-20-17-14-11-8-5-2)105-89-83-102(84-90-105)114(96-62-53-48-54-63-96)99-77-71-93(72-78-99)111-108(118)66-57-45-42-39-36-33-30-27-24-21-18-15-12-9-6-3/h46-54,58-63,67-90H,4-45,55-57,64-66H2,1-3H3,(H,109,116)(H,110,117)(H,111,118). The summed E-state index contributed by atoms with van der Waals surface area (Å²) in [4.78, 5) is 49.1. The minimum Gasteiger partial charge on any atom is -0.326 e. The number of anilines is 15. The van der Waals surface area contributed by atoms with E-state index in [-0.39, 0.29) is 17.7 Å². The molecule has 0 saturated carbocycles. The summed E-state index contributed by atoms with van der Waals surface area (Å²) < 4.78 is 0. The summed E-state index contributed by atoms with van der Waals surface area (Å²) in [7, 11) is 0. The number of hydrogen-bond acceptors (Lipinski definition) is 7. The summed E-state index contributed by atoms with van der Waals surface area (Å²) in [6.45, 7) is 6.86. The van der Waals surface area contributed by atoms with E-state index in [4.69, 9.17) is 0 Å². The highest BCUT2D eigenvalue weighted by molar-refractivity contribution is 5.93. The third-order valence-electron chi connectivity index (χ3n) is 23.4. The quantitative estimate of drug-likeness (QED) is 0.0327. The Kier molecular flexibility index (Phi) is 44.6. The van der Waals surface area contributed by atoms with Gasteiger partial charge in [0.25, 0.3) is 0 Å². The van der Waals surface area contributed by atoms with Crippen molar-refractivity contribution in [2.45, 2.75) is 329 Å². The summed E-state index contributed by atoms with van der Waals surface area (Å²) in [6, 6.07) is 82.5. The van der Waals surface area contributed by atoms with E-state index in [2.05, 4.69) is 257 Å². The Bertz CT molecular complexity index is 3650. The normalized spacial score (nSPS) is 11.2. The monoisotopic (exact) mass is 1590 g/mol. The van der Waals surface area contributed by atoms with Crippen molar-refractivity contribution >= 4 is 103 Å². The van der Waals surface area contributed by atoms with Crippen molar-refractivity contribution in [3.8, 4) is 0 Å². The maximum Gasteiger partial charge on any atom is 0.224 e. The van der Waals surface area contributed by atoms with Crippen molar-refractivity contribution in [1.82, 2.24) is 0 Å². The Labute approximate surface area is 714 Å². The second-order valence-electron chi connectivity index (χ2n) is 33.3. The zero-order chi connectivity index (χ0) is 82.3. The molecule has 10 nitrogen and oxygen atoms in total. The number of nitrogens with zero attached hydrogens (tertiary/aromatic N) is 4. The first-order chi connectivity index (χ1) is 58.3. The fraction of sp³-hybridized carbons (Fsp3) is 0.472. The van der Waals surface area contributed by atoms with Crippen LogP contribution in [0, 0.1) is 0 Å². The third kappa shape index (κ3) is 34.5. The van der Waals surface area contributed by atoms with Crippen LogP contribution in [0.4, 0.5) is 85.3 Å². The highest BCUT2D eigenvalue weighted by atomic mass is 16.2. The minimum atomic E-state index is 0.0647. The van der Waals surface area contributed by atoms with E-state index in [0.717, 1.165) is 124 Å². The molecule has 10 heteroatoms. The Hall–Kier alpha value is -9.41. The maximum absolute atomic E-state index is 13.3. The molecule has 0 spiro atoms. The smallest absolute Gasteiger partial charge is 0.224 e. The molecule has 0 aliphatic heterocycles. The van der Waals surface area contributed by atoms with E-state index in [0.29, 0.717) is 19.3 Å². The summed E-state index contributed by atoms with van der Waals surface area (Å²) in [5.41, 5.74) is 14.2. The predicted octanol–water partition coefficient (Wildman–Crippen LogP) is 34.2. The molecule has 9 aromatic rings. The van der Waals surface area contributed by atoms with Crippen molar-refractivity contribution < 1.29 is 14.4 Å². The van der Waals surface area contributed by atoms with Gasteiger partial charge >= 0.3 is 0 Å². The van der Waals surface area contributed by atoms with E-state index in [1.165, 1.54) is 250 Å². The minimum absolute atomic E-state index is 0.0647. The van der Waals surface area contributed by atoms with Gasteiger partial charge in [-0.3, -0.25) is 14.4 Å². The lowest BCUT2D eigenvalue weighted by Gasteiger charge is -2.30. The predicted molar refractivity (Wildman–Crippen MR) is 510 cm³/mol. The van der Waals surface area contributed by atoms with Crippen LogP contribution >= 0.6 is 0 Å². The molecule has 0 aliphatic carbocycles. The van der Waals surface area contributed by atoms with Crippen molar-refractivity contribution in [3.63, 3.8) is 0 Å². The molecule has 0 bridgehead atoms. The topological polar surface area (TPSA) is 100 Å². The molecule has 0 aliphatic rings. The molecule has 0 unspecified atom stereocenters. The highest BCUT2D eigenvalue weighted by Crippen LogP contribution is 2.44. The van der Waals surface area contributed by atoms with Crippen LogP contribution in [-0.2, 0) is 14.4 Å². The first-order valence-corrected chi connectivity index (χ1v) is 47.1. The van der Waals surface area contributed by atoms with Crippen LogP contribution in [0.25, 0.3) is 0 Å². The Balaban J connectivity index is 0.874. The van der Waals surface area contributed by atoms with Gasteiger partial charge in [-0.25, -0.2) is 0 Å². The first-order valence-electron chi connectivity index (χ1n) is 47.1. The number of unbranched alkanes of at least 4 members (excludes halogenated alkanes) is 42. The molecule has 0 radical (unpaired) electrons. The molecule has 0 aromatic heterocycles. The van der Waals surface area contributed by atoms with Gasteiger partial charge in [-0.2, -0.15) is 0 Å². The molecule has 0 fully saturated rings. The molecule has 3 amide bonds. The van der Waals surface area contributed by atoms with Crippen LogP contribution in [0.2, 0.25) is 0 Å². The van der Waals surface area contributed by atoms with Gasteiger partial charge in [0.05, 0.1) is 0 Å². The number of amides is 3. The fourth-order valence-corrected chi connectivity index (χ4v) is 16.5. The fourth-order valence-electron chi connectivity index (χ4n) is 16.5. The SMILES string of the molecule is CCCCCCCCCCCCCCCCCC(=O)Nc1ccc(N(c2ccccc2)c2ccc(N(c3ccc(N(c4ccccc4)c4ccc(NC(=O)CCCCCCCCCCCCCCCCC)cc4)cc3)c3ccc(N(c4ccccc4)c4ccc(NC(=O)CCCCCCCCCCCCCCCCC)cc4)cc3)cc2)cc1. The molecular weight excluding hydrogens is 1440 g/mol. The number of nitrogens with one attached hydrogen (secondary N) is 3. The van der Waals surface area contributed by atoms with Crippen molar-refractivity contribution in [3.05, 3.63) is 237 Å². The van der Waals surface area contributed by atoms with Gasteiger partial charge in [0.2, 0.25) is 17.7 Å². The largest absolute Gasteiger partial charge is 0.326 e. The van der Waals surface area contributed by atoms with Crippen molar-refractivity contribution in [2.24, 2.45) is 0 Å². The summed E-state index contributed by atoms with van der Waals surface area (Å²) in [6.07, 6.45) is 60.1. The van der Waals surface area contributed by atoms with Crippen LogP contribution in [0.3, 0.4) is 0 Å². The maximum atomic E-state index is 13.3. The summed E-state index contributed by atoms with van der Waals surface area (Å²) >= 11 is 0. The summed E-state index contributed by atoms with van der Waals surface area (Å²) in [5, 5.41) is 9.59. The number of hydrogen-bond donors (Lipinski definition) is 3. The molecule has 0 atom stereocenters. The number of rotatable bonds is 63. The lowest BCUT2D eigenvalue weighted by atomic mass is 10.0. The molecule has 9 aromatic carbocycles.